The molecule has 0 unspecified atom stereocenters. The molecule has 0 radical (unpaired) electrons. The molecule has 1 N–H and O–H groups in total. The topological polar surface area (TPSA) is 41.1 Å². The van der Waals surface area contributed by atoms with Crippen molar-refractivity contribution in [3.8, 4) is 0 Å². The molecule has 0 spiro atoms. The normalized spacial score (nSPS) is 15.3. The Morgan fingerprint density at radius 2 is 2.17 bits per heavy atom. The highest BCUT2D eigenvalue weighted by molar-refractivity contribution is 5.44. The molecule has 4 nitrogen and oxygen atoms in total. The quantitative estimate of drug-likeness (QED) is 0.840. The predicted octanol–water partition coefficient (Wildman–Crippen LogP) is 2.84. The van der Waals surface area contributed by atoms with E-state index in [1.54, 1.807) is 0 Å². The van der Waals surface area contributed by atoms with Gasteiger partial charge in [-0.25, -0.2) is 4.98 Å². The number of rotatable bonds is 6. The zero-order valence-electron chi connectivity index (χ0n) is 11.7. The lowest BCUT2D eigenvalue weighted by Gasteiger charge is -2.30. The van der Waals surface area contributed by atoms with Crippen molar-refractivity contribution in [1.29, 1.82) is 0 Å². The van der Waals surface area contributed by atoms with E-state index in [9.17, 15) is 0 Å². The van der Waals surface area contributed by atoms with Gasteiger partial charge in [0, 0.05) is 31.9 Å². The molecule has 0 saturated heterocycles. The van der Waals surface area contributed by atoms with E-state index in [-0.39, 0.29) is 0 Å². The first-order chi connectivity index (χ1) is 8.69. The summed E-state index contributed by atoms with van der Waals surface area (Å²) in [6.07, 6.45) is 5.22. The van der Waals surface area contributed by atoms with Crippen LogP contribution in [0.4, 0.5) is 11.8 Å². The van der Waals surface area contributed by atoms with Crippen LogP contribution in [-0.2, 0) is 0 Å². The molecule has 100 valence electrons. The van der Waals surface area contributed by atoms with Crippen molar-refractivity contribution in [3.63, 3.8) is 0 Å². The fourth-order valence-electron chi connectivity index (χ4n) is 2.22. The SMILES string of the molecule is CCCNc1nc(C)cc(N(C)CC2CCC2)n1. The van der Waals surface area contributed by atoms with Crippen LogP contribution in [-0.4, -0.2) is 30.1 Å². The first-order valence-corrected chi connectivity index (χ1v) is 6.99. The van der Waals surface area contributed by atoms with Gasteiger partial charge in [0.25, 0.3) is 0 Å². The number of aryl methyl sites for hydroxylation is 1. The predicted molar refractivity (Wildman–Crippen MR) is 76.2 cm³/mol. The Balaban J connectivity index is 2.03. The zero-order chi connectivity index (χ0) is 13.0. The minimum absolute atomic E-state index is 0.757. The molecule has 0 amide bonds. The van der Waals surface area contributed by atoms with Crippen LogP contribution in [0.15, 0.2) is 6.07 Å². The van der Waals surface area contributed by atoms with E-state index in [1.807, 2.05) is 6.92 Å². The molecule has 0 bridgehead atoms. The Labute approximate surface area is 110 Å². The van der Waals surface area contributed by atoms with Gasteiger partial charge in [-0.15, -0.1) is 0 Å². The van der Waals surface area contributed by atoms with Gasteiger partial charge < -0.3 is 10.2 Å². The van der Waals surface area contributed by atoms with Crippen LogP contribution in [0.25, 0.3) is 0 Å². The average Bonchev–Trinajstić information content (AvgIpc) is 2.30. The molecule has 1 aliphatic rings. The molecular weight excluding hydrogens is 224 g/mol. The average molecular weight is 248 g/mol. The van der Waals surface area contributed by atoms with Crippen molar-refractivity contribution in [3.05, 3.63) is 11.8 Å². The fourth-order valence-corrected chi connectivity index (χ4v) is 2.22. The molecule has 0 aromatic carbocycles. The van der Waals surface area contributed by atoms with Crippen LogP contribution < -0.4 is 10.2 Å². The molecule has 2 rings (SSSR count). The Kier molecular flexibility index (Phi) is 4.39. The van der Waals surface area contributed by atoms with Crippen molar-refractivity contribution in [2.75, 3.05) is 30.4 Å². The second-order valence-electron chi connectivity index (χ2n) is 5.30. The summed E-state index contributed by atoms with van der Waals surface area (Å²) in [4.78, 5) is 11.3. The number of aromatic nitrogens is 2. The molecular formula is C14H24N4. The number of hydrogen-bond acceptors (Lipinski definition) is 4. The summed E-state index contributed by atoms with van der Waals surface area (Å²) in [5, 5.41) is 3.26. The third-order valence-corrected chi connectivity index (χ3v) is 3.52. The Morgan fingerprint density at radius 1 is 1.39 bits per heavy atom. The molecule has 18 heavy (non-hydrogen) atoms. The minimum atomic E-state index is 0.757. The van der Waals surface area contributed by atoms with Crippen LogP contribution >= 0.6 is 0 Å². The summed E-state index contributed by atoms with van der Waals surface area (Å²) in [7, 11) is 2.13. The van der Waals surface area contributed by atoms with Crippen LogP contribution in [0.1, 0.15) is 38.3 Å². The minimum Gasteiger partial charge on any atom is -0.359 e. The number of anilines is 2. The van der Waals surface area contributed by atoms with Gasteiger partial charge in [0.05, 0.1) is 0 Å². The highest BCUT2D eigenvalue weighted by Crippen LogP contribution is 2.28. The maximum atomic E-state index is 4.59. The third-order valence-electron chi connectivity index (χ3n) is 3.52. The molecule has 1 aromatic heterocycles. The highest BCUT2D eigenvalue weighted by Gasteiger charge is 2.20. The fraction of sp³-hybridized carbons (Fsp3) is 0.714. The van der Waals surface area contributed by atoms with Crippen LogP contribution in [0.3, 0.4) is 0 Å². The van der Waals surface area contributed by atoms with E-state index < -0.39 is 0 Å². The van der Waals surface area contributed by atoms with Gasteiger partial charge in [0.2, 0.25) is 5.95 Å². The first-order valence-electron chi connectivity index (χ1n) is 6.99. The van der Waals surface area contributed by atoms with E-state index >= 15 is 0 Å². The summed E-state index contributed by atoms with van der Waals surface area (Å²) in [5.41, 5.74) is 1.03. The molecule has 1 heterocycles. The first kappa shape index (κ1) is 13.1. The van der Waals surface area contributed by atoms with Crippen molar-refractivity contribution in [2.45, 2.75) is 39.5 Å². The molecule has 1 fully saturated rings. The van der Waals surface area contributed by atoms with Gasteiger partial charge in [-0.3, -0.25) is 0 Å². The van der Waals surface area contributed by atoms with Crippen molar-refractivity contribution < 1.29 is 0 Å². The maximum Gasteiger partial charge on any atom is 0.224 e. The van der Waals surface area contributed by atoms with Gasteiger partial charge in [-0.2, -0.15) is 4.98 Å². The third kappa shape index (κ3) is 3.34. The standard InChI is InChI=1S/C14H24N4/c1-4-8-15-14-16-11(2)9-13(17-14)18(3)10-12-6-5-7-12/h9,12H,4-8,10H2,1-3H3,(H,15,16,17). The molecule has 4 heteroatoms. The van der Waals surface area contributed by atoms with Gasteiger partial charge in [0.15, 0.2) is 0 Å². The zero-order valence-corrected chi connectivity index (χ0v) is 11.7. The molecule has 1 saturated carbocycles. The summed E-state index contributed by atoms with van der Waals surface area (Å²) in [6, 6.07) is 2.07. The van der Waals surface area contributed by atoms with Gasteiger partial charge in [0.1, 0.15) is 5.82 Å². The summed E-state index contributed by atoms with van der Waals surface area (Å²) >= 11 is 0. The largest absolute Gasteiger partial charge is 0.359 e. The van der Waals surface area contributed by atoms with Gasteiger partial charge in [-0.1, -0.05) is 13.3 Å². The van der Waals surface area contributed by atoms with E-state index in [1.165, 1.54) is 19.3 Å². The highest BCUT2D eigenvalue weighted by atomic mass is 15.2. The van der Waals surface area contributed by atoms with E-state index in [4.69, 9.17) is 0 Å². The number of nitrogens with one attached hydrogen (secondary N) is 1. The molecule has 0 aliphatic heterocycles. The van der Waals surface area contributed by atoms with Crippen LogP contribution in [0.5, 0.6) is 0 Å². The second-order valence-corrected chi connectivity index (χ2v) is 5.30. The number of nitrogens with zero attached hydrogens (tertiary/aromatic N) is 3. The van der Waals surface area contributed by atoms with E-state index in [0.717, 1.165) is 42.9 Å². The lowest BCUT2D eigenvalue weighted by Crippen LogP contribution is -2.30. The Hall–Kier alpha value is -1.32. The number of hydrogen-bond donors (Lipinski definition) is 1. The summed E-state index contributed by atoms with van der Waals surface area (Å²) in [6.45, 7) is 6.21. The second kappa shape index (κ2) is 6.03. The van der Waals surface area contributed by atoms with Crippen molar-refractivity contribution in [2.24, 2.45) is 5.92 Å². The van der Waals surface area contributed by atoms with E-state index in [2.05, 4.69) is 40.2 Å². The van der Waals surface area contributed by atoms with Gasteiger partial charge in [-0.05, 0) is 32.1 Å². The maximum absolute atomic E-state index is 4.59. The lowest BCUT2D eigenvalue weighted by atomic mass is 9.85. The monoisotopic (exact) mass is 248 g/mol. The lowest BCUT2D eigenvalue weighted by molar-refractivity contribution is 0.321. The molecule has 1 aliphatic carbocycles. The summed E-state index contributed by atoms with van der Waals surface area (Å²) in [5.74, 6) is 2.65. The van der Waals surface area contributed by atoms with Crippen molar-refractivity contribution in [1.82, 2.24) is 9.97 Å². The Bertz CT molecular complexity index is 387. The van der Waals surface area contributed by atoms with Crippen molar-refractivity contribution >= 4 is 11.8 Å². The van der Waals surface area contributed by atoms with Crippen LogP contribution in [0.2, 0.25) is 0 Å². The van der Waals surface area contributed by atoms with E-state index in [0.29, 0.717) is 0 Å². The Morgan fingerprint density at radius 3 is 2.78 bits per heavy atom. The molecule has 0 atom stereocenters. The van der Waals surface area contributed by atoms with Crippen LogP contribution in [0, 0.1) is 12.8 Å². The van der Waals surface area contributed by atoms with Gasteiger partial charge >= 0.3 is 0 Å². The smallest absolute Gasteiger partial charge is 0.224 e. The molecule has 1 aromatic rings. The summed E-state index contributed by atoms with van der Waals surface area (Å²) < 4.78 is 0.